The number of rotatable bonds is 3. The van der Waals surface area contributed by atoms with Crippen LogP contribution in [0, 0.1) is 0 Å². The molecule has 1 amide bonds. The molecule has 0 aliphatic carbocycles. The highest BCUT2D eigenvalue weighted by atomic mass is 19.4. The third-order valence-electron chi connectivity index (χ3n) is 2.84. The number of hydrogen-bond acceptors (Lipinski definition) is 3. The van der Waals surface area contributed by atoms with E-state index < -0.39 is 17.6 Å². The lowest BCUT2D eigenvalue weighted by Gasteiger charge is -2.10. The molecule has 0 aliphatic heterocycles. The fourth-order valence-corrected chi connectivity index (χ4v) is 1.73. The zero-order valence-electron chi connectivity index (χ0n) is 11.1. The molecule has 1 aromatic carbocycles. The van der Waals surface area contributed by atoms with E-state index in [1.165, 1.54) is 6.20 Å². The molecule has 21 heavy (non-hydrogen) atoms. The summed E-state index contributed by atoms with van der Waals surface area (Å²) in [6, 6.07) is 2.63. The number of nitrogens with two attached hydrogens (primary N) is 1. The maximum Gasteiger partial charge on any atom is 0.416 e. The van der Waals surface area contributed by atoms with E-state index in [1.54, 1.807) is 10.9 Å². The fourth-order valence-electron chi connectivity index (χ4n) is 1.73. The Labute approximate surface area is 118 Å². The van der Waals surface area contributed by atoms with Crippen molar-refractivity contribution >= 4 is 17.3 Å². The fraction of sp³-hybridized carbons (Fsp3) is 0.231. The van der Waals surface area contributed by atoms with Crippen LogP contribution in [0.2, 0.25) is 0 Å². The molecule has 8 heteroatoms. The van der Waals surface area contributed by atoms with Crippen molar-refractivity contribution in [3.8, 4) is 0 Å². The molecule has 3 N–H and O–H groups in total. The van der Waals surface area contributed by atoms with Crippen molar-refractivity contribution in [1.82, 2.24) is 9.78 Å². The van der Waals surface area contributed by atoms with Crippen LogP contribution in [0.3, 0.4) is 0 Å². The molecule has 0 bridgehead atoms. The number of anilines is 2. The highest BCUT2D eigenvalue weighted by molar-refractivity contribution is 6.07. The Morgan fingerprint density at radius 1 is 1.43 bits per heavy atom. The number of amides is 1. The van der Waals surface area contributed by atoms with Crippen LogP contribution in [0.25, 0.3) is 0 Å². The van der Waals surface area contributed by atoms with Crippen LogP contribution < -0.4 is 11.1 Å². The van der Waals surface area contributed by atoms with Crippen LogP contribution in [0.1, 0.15) is 22.8 Å². The Morgan fingerprint density at radius 3 is 2.71 bits per heavy atom. The Hall–Kier alpha value is -2.51. The number of aromatic nitrogens is 2. The van der Waals surface area contributed by atoms with E-state index in [-0.39, 0.29) is 11.3 Å². The standard InChI is InChI=1S/C13H13F3N4O/c1-2-20-7-9(6-18-20)19-12(21)10-5-8(13(14,15)16)3-4-11(10)17/h3-7H,2,17H2,1H3,(H,19,21). The van der Waals surface area contributed by atoms with Crippen molar-refractivity contribution < 1.29 is 18.0 Å². The van der Waals surface area contributed by atoms with E-state index in [1.807, 2.05) is 6.92 Å². The lowest BCUT2D eigenvalue weighted by atomic mass is 10.1. The van der Waals surface area contributed by atoms with Gasteiger partial charge in [0.1, 0.15) is 0 Å². The van der Waals surface area contributed by atoms with Crippen molar-refractivity contribution in [2.75, 3.05) is 11.1 Å². The first kappa shape index (κ1) is 14.9. The second-order valence-corrected chi connectivity index (χ2v) is 4.34. The molecule has 0 atom stereocenters. The van der Waals surface area contributed by atoms with Gasteiger partial charge >= 0.3 is 6.18 Å². The van der Waals surface area contributed by atoms with Gasteiger partial charge in [-0.05, 0) is 25.1 Å². The maximum absolute atomic E-state index is 12.7. The highest BCUT2D eigenvalue weighted by Gasteiger charge is 2.31. The van der Waals surface area contributed by atoms with Gasteiger partial charge in [0.05, 0.1) is 23.0 Å². The Bertz CT molecular complexity index is 664. The van der Waals surface area contributed by atoms with E-state index in [0.717, 1.165) is 18.2 Å². The van der Waals surface area contributed by atoms with Gasteiger partial charge in [0.15, 0.2) is 0 Å². The summed E-state index contributed by atoms with van der Waals surface area (Å²) in [6.45, 7) is 2.48. The summed E-state index contributed by atoms with van der Waals surface area (Å²) in [4.78, 5) is 12.0. The maximum atomic E-state index is 12.7. The molecule has 0 fully saturated rings. The average molecular weight is 298 g/mol. The number of nitrogen functional groups attached to an aromatic ring is 1. The van der Waals surface area contributed by atoms with Gasteiger partial charge in [-0.1, -0.05) is 0 Å². The lowest BCUT2D eigenvalue weighted by molar-refractivity contribution is -0.137. The van der Waals surface area contributed by atoms with Crippen LogP contribution in [-0.4, -0.2) is 15.7 Å². The number of halogens is 3. The Kier molecular flexibility index (Phi) is 3.88. The highest BCUT2D eigenvalue weighted by Crippen LogP contribution is 2.31. The lowest BCUT2D eigenvalue weighted by Crippen LogP contribution is -2.16. The van der Waals surface area contributed by atoms with Crippen molar-refractivity contribution in [3.05, 3.63) is 41.7 Å². The molecule has 0 spiro atoms. The molecule has 2 rings (SSSR count). The molecule has 0 unspecified atom stereocenters. The third-order valence-corrected chi connectivity index (χ3v) is 2.84. The number of alkyl halides is 3. The number of hydrogen-bond donors (Lipinski definition) is 2. The average Bonchev–Trinajstić information content (AvgIpc) is 2.85. The first-order valence-corrected chi connectivity index (χ1v) is 6.11. The van der Waals surface area contributed by atoms with Crippen LogP contribution in [0.4, 0.5) is 24.5 Å². The van der Waals surface area contributed by atoms with Gasteiger partial charge in [-0.25, -0.2) is 0 Å². The number of carbonyl (C=O) groups is 1. The minimum absolute atomic E-state index is 0.0246. The predicted octanol–water partition coefficient (Wildman–Crippen LogP) is 2.76. The van der Waals surface area contributed by atoms with Gasteiger partial charge in [-0.15, -0.1) is 0 Å². The van der Waals surface area contributed by atoms with Gasteiger partial charge < -0.3 is 11.1 Å². The monoisotopic (exact) mass is 298 g/mol. The molecule has 1 heterocycles. The summed E-state index contributed by atoms with van der Waals surface area (Å²) in [5.41, 5.74) is 4.78. The van der Waals surface area contributed by atoms with Gasteiger partial charge in [-0.2, -0.15) is 18.3 Å². The SMILES string of the molecule is CCn1cc(NC(=O)c2cc(C(F)(F)F)ccc2N)cn1. The molecule has 2 aromatic rings. The van der Waals surface area contributed by atoms with Crippen LogP contribution in [-0.2, 0) is 12.7 Å². The second-order valence-electron chi connectivity index (χ2n) is 4.34. The third kappa shape index (κ3) is 3.33. The molecular formula is C13H13F3N4O. The van der Waals surface area contributed by atoms with Crippen molar-refractivity contribution in [2.24, 2.45) is 0 Å². The van der Waals surface area contributed by atoms with Gasteiger partial charge in [0, 0.05) is 18.4 Å². The predicted molar refractivity (Wildman–Crippen MR) is 71.7 cm³/mol. The van der Waals surface area contributed by atoms with Crippen LogP contribution in [0.15, 0.2) is 30.6 Å². The van der Waals surface area contributed by atoms with Crippen LogP contribution >= 0.6 is 0 Å². The largest absolute Gasteiger partial charge is 0.416 e. The minimum atomic E-state index is -4.53. The zero-order chi connectivity index (χ0) is 15.6. The smallest absolute Gasteiger partial charge is 0.398 e. The molecule has 1 aromatic heterocycles. The van der Waals surface area contributed by atoms with E-state index in [4.69, 9.17) is 5.73 Å². The summed E-state index contributed by atoms with van der Waals surface area (Å²) < 4.78 is 39.5. The topological polar surface area (TPSA) is 72.9 Å². The first-order chi connectivity index (χ1) is 9.81. The quantitative estimate of drug-likeness (QED) is 0.856. The Morgan fingerprint density at radius 2 is 2.14 bits per heavy atom. The molecular weight excluding hydrogens is 285 g/mol. The number of nitrogens with zero attached hydrogens (tertiary/aromatic N) is 2. The van der Waals surface area contributed by atoms with E-state index in [2.05, 4.69) is 10.4 Å². The number of nitrogens with one attached hydrogen (secondary N) is 1. The van der Waals surface area contributed by atoms with Gasteiger partial charge in [0.25, 0.3) is 5.91 Å². The summed E-state index contributed by atoms with van der Waals surface area (Å²) in [5, 5.41) is 6.41. The summed E-state index contributed by atoms with van der Waals surface area (Å²) in [6.07, 6.45) is -1.55. The molecule has 0 saturated carbocycles. The molecule has 5 nitrogen and oxygen atoms in total. The molecule has 0 aliphatic rings. The summed E-state index contributed by atoms with van der Waals surface area (Å²) in [7, 11) is 0. The normalized spacial score (nSPS) is 11.4. The number of carbonyl (C=O) groups excluding carboxylic acids is 1. The zero-order valence-corrected chi connectivity index (χ0v) is 11.1. The summed E-state index contributed by atoms with van der Waals surface area (Å²) >= 11 is 0. The minimum Gasteiger partial charge on any atom is -0.398 e. The van der Waals surface area contributed by atoms with Crippen molar-refractivity contribution in [1.29, 1.82) is 0 Å². The molecule has 112 valence electrons. The van der Waals surface area contributed by atoms with E-state index >= 15 is 0 Å². The number of benzene rings is 1. The van der Waals surface area contributed by atoms with Gasteiger partial charge in [-0.3, -0.25) is 9.48 Å². The first-order valence-electron chi connectivity index (χ1n) is 6.11. The van der Waals surface area contributed by atoms with E-state index in [9.17, 15) is 18.0 Å². The molecule has 0 saturated heterocycles. The second kappa shape index (κ2) is 5.47. The molecule has 0 radical (unpaired) electrons. The van der Waals surface area contributed by atoms with Crippen molar-refractivity contribution in [3.63, 3.8) is 0 Å². The number of aryl methyl sites for hydroxylation is 1. The van der Waals surface area contributed by atoms with Crippen LogP contribution in [0.5, 0.6) is 0 Å². The van der Waals surface area contributed by atoms with E-state index in [0.29, 0.717) is 12.2 Å². The van der Waals surface area contributed by atoms with Crippen molar-refractivity contribution in [2.45, 2.75) is 19.6 Å². The van der Waals surface area contributed by atoms with Gasteiger partial charge in [0.2, 0.25) is 0 Å². The Balaban J connectivity index is 2.26. The summed E-state index contributed by atoms with van der Waals surface area (Å²) in [5.74, 6) is -0.714.